The van der Waals surface area contributed by atoms with E-state index in [1.165, 1.54) is 43.6 Å². The van der Waals surface area contributed by atoms with E-state index < -0.39 is 0 Å². The van der Waals surface area contributed by atoms with Gasteiger partial charge in [-0.1, -0.05) is 6.42 Å². The van der Waals surface area contributed by atoms with Crippen molar-refractivity contribution in [3.05, 3.63) is 17.0 Å². The second kappa shape index (κ2) is 8.70. The second-order valence-corrected chi connectivity index (χ2v) is 7.74. The number of nitrogens with zero attached hydrogens (tertiary/aromatic N) is 4. The molecule has 2 heterocycles. The molecule has 1 aliphatic rings. The molecule has 1 aromatic rings. The zero-order valence-electron chi connectivity index (χ0n) is 16.9. The van der Waals surface area contributed by atoms with Crippen LogP contribution in [0.4, 0.5) is 0 Å². The first-order chi connectivity index (χ1) is 11.8. The molecule has 0 bridgehead atoms. The van der Waals surface area contributed by atoms with Gasteiger partial charge >= 0.3 is 0 Å². The molecular formula is C19H36N6. The molecule has 0 aliphatic carbocycles. The molecule has 2 N–H and O–H groups in total. The number of likely N-dealkylation sites (tertiary alicyclic amines) is 1. The fourth-order valence-electron chi connectivity index (χ4n) is 3.62. The van der Waals surface area contributed by atoms with Crippen molar-refractivity contribution >= 4 is 5.96 Å². The zero-order valence-corrected chi connectivity index (χ0v) is 16.9. The highest BCUT2D eigenvalue weighted by molar-refractivity contribution is 5.79. The third-order valence-electron chi connectivity index (χ3n) is 5.45. The molecule has 0 saturated carbocycles. The average molecular weight is 349 g/mol. The Morgan fingerprint density at radius 1 is 1.16 bits per heavy atom. The number of rotatable bonds is 6. The minimum atomic E-state index is 0.147. The Morgan fingerprint density at radius 3 is 2.40 bits per heavy atom. The van der Waals surface area contributed by atoms with Crippen LogP contribution in [0.5, 0.6) is 0 Å². The molecule has 6 nitrogen and oxygen atoms in total. The average Bonchev–Trinajstić information content (AvgIpc) is 2.84. The monoisotopic (exact) mass is 348 g/mol. The summed E-state index contributed by atoms with van der Waals surface area (Å²) in [5.41, 5.74) is 3.85. The molecule has 6 heteroatoms. The van der Waals surface area contributed by atoms with Crippen molar-refractivity contribution in [1.29, 1.82) is 0 Å². The molecular weight excluding hydrogens is 312 g/mol. The lowest BCUT2D eigenvalue weighted by atomic mass is 9.98. The number of hydrogen-bond donors (Lipinski definition) is 2. The highest BCUT2D eigenvalue weighted by Gasteiger charge is 2.27. The van der Waals surface area contributed by atoms with Gasteiger partial charge < -0.3 is 10.6 Å². The van der Waals surface area contributed by atoms with Gasteiger partial charge in [-0.05, 0) is 65.6 Å². The summed E-state index contributed by atoms with van der Waals surface area (Å²) in [6.45, 7) is 13.0. The fraction of sp³-hybridized carbons (Fsp3) is 0.789. The molecule has 0 atom stereocenters. The molecule has 1 aromatic heterocycles. The molecule has 0 radical (unpaired) electrons. The minimum Gasteiger partial charge on any atom is -0.356 e. The van der Waals surface area contributed by atoms with E-state index in [0.717, 1.165) is 31.2 Å². The Bertz CT molecular complexity index is 581. The number of nitrogens with one attached hydrogen (secondary N) is 2. The summed E-state index contributed by atoms with van der Waals surface area (Å²) in [4.78, 5) is 6.97. The van der Waals surface area contributed by atoms with Gasteiger partial charge in [-0.3, -0.25) is 14.6 Å². The van der Waals surface area contributed by atoms with E-state index in [2.05, 4.69) is 53.3 Å². The lowest BCUT2D eigenvalue weighted by molar-refractivity contribution is 0.0982. The molecule has 0 spiro atoms. The third kappa shape index (κ3) is 5.21. The topological polar surface area (TPSA) is 57.5 Å². The number of piperidine rings is 1. The Hall–Kier alpha value is -1.56. The van der Waals surface area contributed by atoms with Crippen molar-refractivity contribution in [2.45, 2.75) is 58.9 Å². The van der Waals surface area contributed by atoms with Gasteiger partial charge in [-0.15, -0.1) is 0 Å². The molecule has 0 amide bonds. The summed E-state index contributed by atoms with van der Waals surface area (Å²) in [6.07, 6.45) is 4.97. The normalized spacial score (nSPS) is 17.0. The summed E-state index contributed by atoms with van der Waals surface area (Å²) >= 11 is 0. The van der Waals surface area contributed by atoms with Gasteiger partial charge in [-0.2, -0.15) is 5.10 Å². The first-order valence-electron chi connectivity index (χ1n) is 9.54. The minimum absolute atomic E-state index is 0.147. The summed E-state index contributed by atoms with van der Waals surface area (Å²) in [6, 6.07) is 0. The van der Waals surface area contributed by atoms with E-state index in [0.29, 0.717) is 0 Å². The van der Waals surface area contributed by atoms with E-state index in [-0.39, 0.29) is 5.54 Å². The van der Waals surface area contributed by atoms with E-state index in [1.54, 1.807) is 0 Å². The Kier molecular flexibility index (Phi) is 6.87. The number of aryl methyl sites for hydroxylation is 2. The van der Waals surface area contributed by atoms with Gasteiger partial charge in [0.05, 0.1) is 5.69 Å². The molecule has 0 unspecified atom stereocenters. The maximum absolute atomic E-state index is 4.49. The zero-order chi connectivity index (χ0) is 18.4. The first kappa shape index (κ1) is 19.8. The maximum atomic E-state index is 4.49. The molecule has 25 heavy (non-hydrogen) atoms. The van der Waals surface area contributed by atoms with Crippen LogP contribution < -0.4 is 10.6 Å². The standard InChI is InChI=1S/C19H36N6/c1-15-17(16(2)24(6)23-15)10-11-21-18(20-5)22-14-19(3,4)25-12-8-7-9-13-25/h7-14H2,1-6H3,(H2,20,21,22). The summed E-state index contributed by atoms with van der Waals surface area (Å²) in [5.74, 6) is 0.879. The van der Waals surface area contributed by atoms with Crippen LogP contribution in [0.1, 0.15) is 50.1 Å². The van der Waals surface area contributed by atoms with Crippen LogP contribution in [0.3, 0.4) is 0 Å². The van der Waals surface area contributed by atoms with Gasteiger partial charge in [0.25, 0.3) is 0 Å². The number of aliphatic imine (C=N–C) groups is 1. The predicted molar refractivity (Wildman–Crippen MR) is 105 cm³/mol. The van der Waals surface area contributed by atoms with Gasteiger partial charge in [0.1, 0.15) is 0 Å². The summed E-state index contributed by atoms with van der Waals surface area (Å²) in [7, 11) is 3.84. The highest BCUT2D eigenvalue weighted by Crippen LogP contribution is 2.19. The molecule has 1 saturated heterocycles. The summed E-state index contributed by atoms with van der Waals surface area (Å²) < 4.78 is 1.96. The largest absolute Gasteiger partial charge is 0.356 e. The van der Waals surface area contributed by atoms with Crippen molar-refractivity contribution in [1.82, 2.24) is 25.3 Å². The molecule has 1 fully saturated rings. The van der Waals surface area contributed by atoms with E-state index in [4.69, 9.17) is 0 Å². The van der Waals surface area contributed by atoms with Crippen LogP contribution in [0.25, 0.3) is 0 Å². The van der Waals surface area contributed by atoms with Crippen LogP contribution >= 0.6 is 0 Å². The quantitative estimate of drug-likeness (QED) is 0.610. The van der Waals surface area contributed by atoms with Gasteiger partial charge in [0, 0.05) is 38.4 Å². The van der Waals surface area contributed by atoms with Gasteiger partial charge in [0.15, 0.2) is 5.96 Å². The third-order valence-corrected chi connectivity index (χ3v) is 5.45. The van der Waals surface area contributed by atoms with Gasteiger partial charge in [0.2, 0.25) is 0 Å². The second-order valence-electron chi connectivity index (χ2n) is 7.74. The summed E-state index contributed by atoms with van der Waals surface area (Å²) in [5, 5.41) is 11.4. The Labute approximate surface area is 153 Å². The highest BCUT2D eigenvalue weighted by atomic mass is 15.3. The van der Waals surface area contributed by atoms with Crippen LogP contribution in [-0.2, 0) is 13.5 Å². The van der Waals surface area contributed by atoms with Crippen molar-refractivity contribution in [2.24, 2.45) is 12.0 Å². The first-order valence-corrected chi connectivity index (χ1v) is 9.54. The molecule has 2 rings (SSSR count). The lowest BCUT2D eigenvalue weighted by Gasteiger charge is -2.41. The lowest BCUT2D eigenvalue weighted by Crippen LogP contribution is -2.55. The Morgan fingerprint density at radius 2 is 1.84 bits per heavy atom. The van der Waals surface area contributed by atoms with Crippen LogP contribution in [0.2, 0.25) is 0 Å². The predicted octanol–water partition coefficient (Wildman–Crippen LogP) is 2.01. The van der Waals surface area contributed by atoms with Crippen molar-refractivity contribution < 1.29 is 0 Å². The molecule has 142 valence electrons. The number of hydrogen-bond acceptors (Lipinski definition) is 3. The maximum Gasteiger partial charge on any atom is 0.191 e. The molecule has 1 aliphatic heterocycles. The van der Waals surface area contributed by atoms with Crippen LogP contribution in [0.15, 0.2) is 4.99 Å². The van der Waals surface area contributed by atoms with E-state index >= 15 is 0 Å². The molecule has 0 aromatic carbocycles. The van der Waals surface area contributed by atoms with Crippen LogP contribution in [0, 0.1) is 13.8 Å². The fourth-order valence-corrected chi connectivity index (χ4v) is 3.62. The van der Waals surface area contributed by atoms with Crippen molar-refractivity contribution in [3.63, 3.8) is 0 Å². The van der Waals surface area contributed by atoms with Gasteiger partial charge in [-0.25, -0.2) is 0 Å². The van der Waals surface area contributed by atoms with Crippen molar-refractivity contribution in [3.8, 4) is 0 Å². The van der Waals surface area contributed by atoms with E-state index in [9.17, 15) is 0 Å². The van der Waals surface area contributed by atoms with Crippen LogP contribution in [-0.4, -0.2) is 59.4 Å². The number of aromatic nitrogens is 2. The SMILES string of the molecule is CN=C(NCCc1c(C)nn(C)c1C)NCC(C)(C)N1CCCCC1. The smallest absolute Gasteiger partial charge is 0.191 e. The van der Waals surface area contributed by atoms with Crippen molar-refractivity contribution in [2.75, 3.05) is 33.2 Å². The van der Waals surface area contributed by atoms with E-state index in [1.807, 2.05) is 18.8 Å². The Balaban J connectivity index is 1.80. The number of guanidine groups is 1.